The van der Waals surface area contributed by atoms with Crippen LogP contribution >= 0.6 is 0 Å². The van der Waals surface area contributed by atoms with Gasteiger partial charge in [0.2, 0.25) is 5.82 Å². The monoisotopic (exact) mass is 306 g/mol. The molecule has 0 amide bonds. The number of methoxy groups -OCH3 is 1. The maximum atomic E-state index is 13.2. The van der Waals surface area contributed by atoms with Gasteiger partial charge in [0.05, 0.1) is 18.1 Å². The number of fused-ring (bicyclic) bond motifs is 1. The summed E-state index contributed by atoms with van der Waals surface area (Å²) in [5, 5.41) is 0. The Bertz CT molecular complexity index is 791. The summed E-state index contributed by atoms with van der Waals surface area (Å²) < 4.78 is 45.9. The number of ether oxygens (including phenoxy) is 1. The first-order valence-corrected chi connectivity index (χ1v) is 6.64. The van der Waals surface area contributed by atoms with Gasteiger partial charge < -0.3 is 9.30 Å². The molecule has 1 heterocycles. The molecule has 0 bridgehead atoms. The predicted octanol–water partition coefficient (Wildman–Crippen LogP) is 4.11. The number of rotatable bonds is 3. The molecular formula is C16H13F3N2O. The summed E-state index contributed by atoms with van der Waals surface area (Å²) in [6, 6.07) is 13.5. The van der Waals surface area contributed by atoms with E-state index in [1.807, 2.05) is 0 Å². The Morgan fingerprint density at radius 2 is 1.73 bits per heavy atom. The number of para-hydroxylation sites is 2. The standard InChI is InChI=1S/C16H13F3N2O/c1-22-12-8-6-11(7-9-12)10-21-14-5-3-2-4-13(14)20-15(21)16(17,18)19/h2-9H,10H2,1H3. The molecular weight excluding hydrogens is 293 g/mol. The molecule has 3 rings (SSSR count). The van der Waals surface area contributed by atoms with Crippen LogP contribution in [0.25, 0.3) is 11.0 Å². The summed E-state index contributed by atoms with van der Waals surface area (Å²) in [5.41, 5.74) is 1.54. The second kappa shape index (κ2) is 5.36. The van der Waals surface area contributed by atoms with E-state index in [9.17, 15) is 13.2 Å². The van der Waals surface area contributed by atoms with E-state index in [1.54, 1.807) is 55.6 Å². The van der Waals surface area contributed by atoms with Crippen molar-refractivity contribution in [1.82, 2.24) is 9.55 Å². The van der Waals surface area contributed by atoms with E-state index in [1.165, 1.54) is 4.57 Å². The average molecular weight is 306 g/mol. The van der Waals surface area contributed by atoms with E-state index in [-0.39, 0.29) is 6.54 Å². The minimum Gasteiger partial charge on any atom is -0.497 e. The van der Waals surface area contributed by atoms with Crippen molar-refractivity contribution in [3.05, 3.63) is 59.9 Å². The second-order valence-corrected chi connectivity index (χ2v) is 4.86. The van der Waals surface area contributed by atoms with Crippen LogP contribution in [0.15, 0.2) is 48.5 Å². The number of hydrogen-bond donors (Lipinski definition) is 0. The molecule has 0 spiro atoms. The largest absolute Gasteiger partial charge is 0.497 e. The lowest BCUT2D eigenvalue weighted by atomic mass is 10.2. The molecule has 0 N–H and O–H groups in total. The highest BCUT2D eigenvalue weighted by atomic mass is 19.4. The van der Waals surface area contributed by atoms with E-state index in [4.69, 9.17) is 4.74 Å². The Kier molecular flexibility index (Phi) is 3.52. The van der Waals surface area contributed by atoms with Crippen molar-refractivity contribution in [2.45, 2.75) is 12.7 Å². The molecule has 0 aliphatic rings. The summed E-state index contributed by atoms with van der Waals surface area (Å²) in [7, 11) is 1.54. The Morgan fingerprint density at radius 3 is 2.36 bits per heavy atom. The van der Waals surface area contributed by atoms with Crippen LogP contribution in [0.5, 0.6) is 5.75 Å². The first-order valence-electron chi connectivity index (χ1n) is 6.64. The lowest BCUT2D eigenvalue weighted by Gasteiger charge is -2.12. The highest BCUT2D eigenvalue weighted by Crippen LogP contribution is 2.32. The Morgan fingerprint density at radius 1 is 1.05 bits per heavy atom. The van der Waals surface area contributed by atoms with Crippen molar-refractivity contribution >= 4 is 11.0 Å². The lowest BCUT2D eigenvalue weighted by molar-refractivity contribution is -0.146. The number of benzene rings is 2. The summed E-state index contributed by atoms with van der Waals surface area (Å²) in [4.78, 5) is 3.73. The molecule has 0 radical (unpaired) electrons. The third-order valence-corrected chi connectivity index (χ3v) is 3.41. The van der Waals surface area contributed by atoms with Gasteiger partial charge in [0.15, 0.2) is 0 Å². The molecule has 0 atom stereocenters. The zero-order chi connectivity index (χ0) is 15.7. The van der Waals surface area contributed by atoms with E-state index in [2.05, 4.69) is 4.98 Å². The van der Waals surface area contributed by atoms with Crippen molar-refractivity contribution in [2.24, 2.45) is 0 Å². The van der Waals surface area contributed by atoms with Crippen LogP contribution in [0.3, 0.4) is 0 Å². The molecule has 0 saturated carbocycles. The zero-order valence-corrected chi connectivity index (χ0v) is 11.8. The van der Waals surface area contributed by atoms with Crippen LogP contribution in [0.1, 0.15) is 11.4 Å². The van der Waals surface area contributed by atoms with Gasteiger partial charge in [-0.2, -0.15) is 13.2 Å². The highest BCUT2D eigenvalue weighted by Gasteiger charge is 2.37. The molecule has 6 heteroatoms. The van der Waals surface area contributed by atoms with Gasteiger partial charge in [0.1, 0.15) is 5.75 Å². The van der Waals surface area contributed by atoms with Crippen molar-refractivity contribution in [1.29, 1.82) is 0 Å². The molecule has 0 aliphatic heterocycles. The Balaban J connectivity index is 2.07. The highest BCUT2D eigenvalue weighted by molar-refractivity contribution is 5.76. The topological polar surface area (TPSA) is 27.1 Å². The Hall–Kier alpha value is -2.50. The summed E-state index contributed by atoms with van der Waals surface area (Å²) in [6.45, 7) is 0.0966. The van der Waals surface area contributed by atoms with E-state index < -0.39 is 12.0 Å². The van der Waals surface area contributed by atoms with Gasteiger partial charge in [-0.25, -0.2) is 4.98 Å². The quantitative estimate of drug-likeness (QED) is 0.728. The van der Waals surface area contributed by atoms with Gasteiger partial charge in [-0.1, -0.05) is 24.3 Å². The average Bonchev–Trinajstić information content (AvgIpc) is 2.87. The van der Waals surface area contributed by atoms with Gasteiger partial charge in [0.25, 0.3) is 0 Å². The maximum Gasteiger partial charge on any atom is 0.449 e. The van der Waals surface area contributed by atoms with Crippen LogP contribution in [0, 0.1) is 0 Å². The first-order chi connectivity index (χ1) is 10.5. The third kappa shape index (κ3) is 2.64. The molecule has 3 aromatic rings. The number of hydrogen-bond acceptors (Lipinski definition) is 2. The fourth-order valence-electron chi connectivity index (χ4n) is 2.37. The van der Waals surface area contributed by atoms with Crippen LogP contribution in [-0.4, -0.2) is 16.7 Å². The molecule has 3 nitrogen and oxygen atoms in total. The maximum absolute atomic E-state index is 13.2. The number of nitrogens with zero attached hydrogens (tertiary/aromatic N) is 2. The van der Waals surface area contributed by atoms with E-state index in [0.29, 0.717) is 16.8 Å². The molecule has 2 aromatic carbocycles. The molecule has 22 heavy (non-hydrogen) atoms. The fourth-order valence-corrected chi connectivity index (χ4v) is 2.37. The summed E-state index contributed by atoms with van der Waals surface area (Å²) in [5.74, 6) is -0.222. The molecule has 0 unspecified atom stereocenters. The molecule has 0 aliphatic carbocycles. The minimum atomic E-state index is -4.49. The van der Waals surface area contributed by atoms with Crippen LogP contribution < -0.4 is 4.74 Å². The van der Waals surface area contributed by atoms with Crippen LogP contribution in [-0.2, 0) is 12.7 Å². The number of alkyl halides is 3. The number of halogens is 3. The van der Waals surface area contributed by atoms with Crippen LogP contribution in [0.2, 0.25) is 0 Å². The van der Waals surface area contributed by atoms with Gasteiger partial charge in [-0.05, 0) is 29.8 Å². The van der Waals surface area contributed by atoms with Crippen LogP contribution in [0.4, 0.5) is 13.2 Å². The van der Waals surface area contributed by atoms with Crippen molar-refractivity contribution in [3.63, 3.8) is 0 Å². The van der Waals surface area contributed by atoms with Gasteiger partial charge in [-0.3, -0.25) is 0 Å². The van der Waals surface area contributed by atoms with Gasteiger partial charge >= 0.3 is 6.18 Å². The molecule has 0 fully saturated rings. The van der Waals surface area contributed by atoms with E-state index in [0.717, 1.165) is 5.56 Å². The number of aromatic nitrogens is 2. The molecule has 0 saturated heterocycles. The van der Waals surface area contributed by atoms with Gasteiger partial charge in [-0.15, -0.1) is 0 Å². The van der Waals surface area contributed by atoms with E-state index >= 15 is 0 Å². The van der Waals surface area contributed by atoms with Crippen molar-refractivity contribution in [3.8, 4) is 5.75 Å². The number of imidazole rings is 1. The fraction of sp³-hybridized carbons (Fsp3) is 0.188. The predicted molar refractivity (Wildman–Crippen MR) is 76.8 cm³/mol. The summed E-state index contributed by atoms with van der Waals surface area (Å²) >= 11 is 0. The minimum absolute atomic E-state index is 0.0966. The molecule has 1 aromatic heterocycles. The van der Waals surface area contributed by atoms with Crippen molar-refractivity contribution in [2.75, 3.05) is 7.11 Å². The smallest absolute Gasteiger partial charge is 0.449 e. The van der Waals surface area contributed by atoms with Gasteiger partial charge in [0, 0.05) is 6.54 Å². The SMILES string of the molecule is COc1ccc(Cn2c(C(F)(F)F)nc3ccccc32)cc1. The molecule has 114 valence electrons. The first kappa shape index (κ1) is 14.4. The van der Waals surface area contributed by atoms with Crippen molar-refractivity contribution < 1.29 is 17.9 Å². The normalized spacial score (nSPS) is 11.8. The zero-order valence-electron chi connectivity index (χ0n) is 11.8. The second-order valence-electron chi connectivity index (χ2n) is 4.86. The Labute approximate surface area is 125 Å². The summed E-state index contributed by atoms with van der Waals surface area (Å²) in [6.07, 6.45) is -4.49. The lowest BCUT2D eigenvalue weighted by Crippen LogP contribution is -2.15. The third-order valence-electron chi connectivity index (χ3n) is 3.41.